The van der Waals surface area contributed by atoms with Crippen LogP contribution in [-0.4, -0.2) is 52.3 Å². The molecule has 2 heterocycles. The van der Waals surface area contributed by atoms with Crippen molar-refractivity contribution in [1.29, 1.82) is 5.26 Å². The molecule has 0 radical (unpaired) electrons. The second-order valence-electron chi connectivity index (χ2n) is 7.01. The molecule has 1 aliphatic heterocycles. The largest absolute Gasteiger partial charge is 0.358 e. The van der Waals surface area contributed by atoms with Crippen LogP contribution in [0.1, 0.15) is 5.56 Å². The molecule has 0 unspecified atom stereocenters. The number of H-pyrrole nitrogens is 1. The van der Waals surface area contributed by atoms with Gasteiger partial charge in [0.15, 0.2) is 0 Å². The smallest absolute Gasteiger partial charge is 0.262 e. The van der Waals surface area contributed by atoms with E-state index in [0.717, 1.165) is 18.2 Å². The maximum atomic E-state index is 13.0. The van der Waals surface area contributed by atoms with Crippen LogP contribution in [0.2, 0.25) is 10.0 Å². The molecule has 4 rings (SSSR count). The minimum absolute atomic E-state index is 0.201. The van der Waals surface area contributed by atoms with Gasteiger partial charge in [-0.1, -0.05) is 23.2 Å². The van der Waals surface area contributed by atoms with Gasteiger partial charge in [0, 0.05) is 37.8 Å². The number of anilines is 1. The molecule has 1 fully saturated rings. The highest BCUT2D eigenvalue weighted by atomic mass is 35.5. The Bertz CT molecular complexity index is 1460. The zero-order chi connectivity index (χ0) is 23.1. The fourth-order valence-electron chi connectivity index (χ4n) is 3.47. The molecule has 3 aromatic rings. The molecule has 0 atom stereocenters. The number of sulfonamides is 2. The zero-order valence-electron chi connectivity index (χ0n) is 16.4. The van der Waals surface area contributed by atoms with Crippen LogP contribution in [0.15, 0.2) is 46.3 Å². The number of rotatable bonds is 5. The van der Waals surface area contributed by atoms with E-state index >= 15 is 0 Å². The fraction of sp³-hybridized carbons (Fsp3) is 0.211. The third-order valence-electron chi connectivity index (χ3n) is 5.06. The van der Waals surface area contributed by atoms with Crippen molar-refractivity contribution in [1.82, 2.24) is 14.6 Å². The molecule has 13 heteroatoms. The summed E-state index contributed by atoms with van der Waals surface area (Å²) in [7, 11) is -8.09. The Morgan fingerprint density at radius 3 is 2.44 bits per heavy atom. The standard InChI is InChI=1S/C19H17Cl2N5O4S2/c20-14-2-3-16(19-18(14)15(21)11-24-19)25-31(27,28)13-1-4-17(12(9-13)10-22)32(29,30)26-7-5-23-6-8-26/h1-4,9,11,23-25H,5-8H2. The number of nitrogens with zero attached hydrogens (tertiary/aromatic N) is 2. The summed E-state index contributed by atoms with van der Waals surface area (Å²) in [5.41, 5.74) is 0.340. The lowest BCUT2D eigenvalue weighted by molar-refractivity contribution is 0.360. The number of aromatic nitrogens is 1. The first-order chi connectivity index (χ1) is 15.1. The molecule has 9 nitrogen and oxygen atoms in total. The van der Waals surface area contributed by atoms with E-state index in [2.05, 4.69) is 15.0 Å². The van der Waals surface area contributed by atoms with Crippen LogP contribution in [-0.2, 0) is 20.0 Å². The third-order valence-corrected chi connectivity index (χ3v) is 8.99. The molecular formula is C19H17Cl2N5O4S2. The molecule has 3 N–H and O–H groups in total. The number of hydrogen-bond donors (Lipinski definition) is 3. The van der Waals surface area contributed by atoms with Crippen LogP contribution in [0.25, 0.3) is 10.9 Å². The molecule has 0 spiro atoms. The van der Waals surface area contributed by atoms with Gasteiger partial charge in [-0.2, -0.15) is 9.57 Å². The Balaban J connectivity index is 1.71. The molecule has 168 valence electrons. The van der Waals surface area contributed by atoms with E-state index in [1.807, 2.05) is 0 Å². The van der Waals surface area contributed by atoms with Crippen molar-refractivity contribution in [3.05, 3.63) is 52.1 Å². The Hall–Kier alpha value is -2.33. The molecule has 1 aliphatic rings. The molecule has 0 saturated carbocycles. The first-order valence-electron chi connectivity index (χ1n) is 9.38. The number of hydrogen-bond acceptors (Lipinski definition) is 6. The maximum Gasteiger partial charge on any atom is 0.262 e. The number of fused-ring (bicyclic) bond motifs is 1. The van der Waals surface area contributed by atoms with E-state index in [1.165, 1.54) is 22.6 Å². The zero-order valence-corrected chi connectivity index (χ0v) is 19.5. The van der Waals surface area contributed by atoms with Gasteiger partial charge < -0.3 is 10.3 Å². The number of aromatic amines is 1. The van der Waals surface area contributed by atoms with Gasteiger partial charge in [0.25, 0.3) is 10.0 Å². The van der Waals surface area contributed by atoms with Gasteiger partial charge in [0.1, 0.15) is 11.0 Å². The van der Waals surface area contributed by atoms with Gasteiger partial charge in [-0.3, -0.25) is 4.72 Å². The van der Waals surface area contributed by atoms with E-state index in [4.69, 9.17) is 23.2 Å². The molecule has 1 aromatic heterocycles. The lowest BCUT2D eigenvalue weighted by Crippen LogP contribution is -2.46. The minimum atomic E-state index is -4.15. The topological polar surface area (TPSA) is 135 Å². The van der Waals surface area contributed by atoms with Crippen LogP contribution in [0.3, 0.4) is 0 Å². The third kappa shape index (κ3) is 4.05. The van der Waals surface area contributed by atoms with E-state index in [9.17, 15) is 22.1 Å². The second-order valence-corrected chi connectivity index (χ2v) is 11.4. The van der Waals surface area contributed by atoms with E-state index in [-0.39, 0.29) is 34.1 Å². The van der Waals surface area contributed by atoms with Gasteiger partial charge in [0.05, 0.1) is 31.7 Å². The van der Waals surface area contributed by atoms with Crippen LogP contribution in [0.5, 0.6) is 0 Å². The predicted octanol–water partition coefficient (Wildman–Crippen LogP) is 2.74. The van der Waals surface area contributed by atoms with Crippen LogP contribution in [0.4, 0.5) is 5.69 Å². The van der Waals surface area contributed by atoms with Crippen LogP contribution >= 0.6 is 23.2 Å². The number of nitriles is 1. The van der Waals surface area contributed by atoms with E-state index in [0.29, 0.717) is 34.0 Å². The van der Waals surface area contributed by atoms with Crippen molar-refractivity contribution >= 4 is 59.8 Å². The molecule has 2 aromatic carbocycles. The summed E-state index contributed by atoms with van der Waals surface area (Å²) in [4.78, 5) is 2.39. The Morgan fingerprint density at radius 1 is 1.03 bits per heavy atom. The highest BCUT2D eigenvalue weighted by molar-refractivity contribution is 7.92. The summed E-state index contributed by atoms with van der Waals surface area (Å²) in [5, 5.41) is 13.7. The van der Waals surface area contributed by atoms with Gasteiger partial charge >= 0.3 is 0 Å². The summed E-state index contributed by atoms with van der Waals surface area (Å²) in [5.74, 6) is 0. The summed E-state index contributed by atoms with van der Waals surface area (Å²) < 4.78 is 55.6. The maximum absolute atomic E-state index is 13.0. The Kier molecular flexibility index (Phi) is 6.10. The molecular weight excluding hydrogens is 497 g/mol. The van der Waals surface area contributed by atoms with Crippen molar-refractivity contribution in [3.8, 4) is 6.07 Å². The van der Waals surface area contributed by atoms with Crippen molar-refractivity contribution in [3.63, 3.8) is 0 Å². The SMILES string of the molecule is N#Cc1cc(S(=O)(=O)Nc2ccc(Cl)c3c(Cl)c[nH]c23)ccc1S(=O)(=O)N1CCNCC1. The predicted molar refractivity (Wildman–Crippen MR) is 122 cm³/mol. The number of piperazine rings is 1. The first kappa shape index (κ1) is 22.8. The number of benzene rings is 2. The highest BCUT2D eigenvalue weighted by Gasteiger charge is 2.29. The molecule has 0 bridgehead atoms. The molecule has 0 amide bonds. The average Bonchev–Trinajstić information content (AvgIpc) is 3.18. The first-order valence-corrected chi connectivity index (χ1v) is 13.1. The van der Waals surface area contributed by atoms with Crippen molar-refractivity contribution in [2.75, 3.05) is 30.9 Å². The number of halogens is 2. The van der Waals surface area contributed by atoms with Gasteiger partial charge in [-0.15, -0.1) is 0 Å². The molecule has 32 heavy (non-hydrogen) atoms. The van der Waals surface area contributed by atoms with Crippen molar-refractivity contribution in [2.45, 2.75) is 9.79 Å². The van der Waals surface area contributed by atoms with Crippen LogP contribution in [0, 0.1) is 11.3 Å². The quantitative estimate of drug-likeness (QED) is 0.479. The van der Waals surface area contributed by atoms with E-state index in [1.54, 1.807) is 6.07 Å². The summed E-state index contributed by atoms with van der Waals surface area (Å²) in [6.07, 6.45) is 1.49. The second kappa shape index (κ2) is 8.55. The summed E-state index contributed by atoms with van der Waals surface area (Å²) in [6, 6.07) is 8.14. The normalized spacial score (nSPS) is 15.5. The van der Waals surface area contributed by atoms with Crippen molar-refractivity contribution < 1.29 is 16.8 Å². The highest BCUT2D eigenvalue weighted by Crippen LogP contribution is 2.35. The van der Waals surface area contributed by atoms with Gasteiger partial charge in [0.2, 0.25) is 10.0 Å². The van der Waals surface area contributed by atoms with Crippen LogP contribution < -0.4 is 10.0 Å². The summed E-state index contributed by atoms with van der Waals surface area (Å²) in [6.45, 7) is 1.52. The average molecular weight is 514 g/mol. The van der Waals surface area contributed by atoms with Gasteiger partial charge in [-0.25, -0.2) is 16.8 Å². The monoisotopic (exact) mass is 513 g/mol. The van der Waals surface area contributed by atoms with E-state index < -0.39 is 20.0 Å². The lowest BCUT2D eigenvalue weighted by atomic mass is 10.2. The molecule has 1 saturated heterocycles. The fourth-order valence-corrected chi connectivity index (χ4v) is 6.69. The molecule has 0 aliphatic carbocycles. The summed E-state index contributed by atoms with van der Waals surface area (Å²) >= 11 is 12.3. The Morgan fingerprint density at radius 2 is 1.75 bits per heavy atom. The minimum Gasteiger partial charge on any atom is -0.358 e. The van der Waals surface area contributed by atoms with Gasteiger partial charge in [-0.05, 0) is 30.3 Å². The Labute approximate surface area is 195 Å². The van der Waals surface area contributed by atoms with Crippen molar-refractivity contribution in [2.24, 2.45) is 0 Å². The number of nitrogens with one attached hydrogen (secondary N) is 3. The lowest BCUT2D eigenvalue weighted by Gasteiger charge is -2.27.